The summed E-state index contributed by atoms with van der Waals surface area (Å²) >= 11 is 0. The Hall–Kier alpha value is -1.50. The van der Waals surface area contributed by atoms with Crippen molar-refractivity contribution in [1.29, 1.82) is 0 Å². The summed E-state index contributed by atoms with van der Waals surface area (Å²) < 4.78 is 29.9. The summed E-state index contributed by atoms with van der Waals surface area (Å²) in [5.41, 5.74) is 1.49. The highest BCUT2D eigenvalue weighted by atomic mass is 19.3. The van der Waals surface area contributed by atoms with E-state index in [2.05, 4.69) is 10.2 Å². The van der Waals surface area contributed by atoms with Crippen LogP contribution >= 0.6 is 0 Å². The van der Waals surface area contributed by atoms with E-state index in [1.165, 1.54) is 4.90 Å². The maximum Gasteiger partial charge on any atom is 0.266 e. The van der Waals surface area contributed by atoms with Gasteiger partial charge in [-0.15, -0.1) is 0 Å². The number of morpholine rings is 1. The van der Waals surface area contributed by atoms with Crippen LogP contribution in [0.1, 0.15) is 11.4 Å². The van der Waals surface area contributed by atoms with Crippen LogP contribution < -0.4 is 0 Å². The molecule has 1 saturated heterocycles. The fourth-order valence-electron chi connectivity index (χ4n) is 1.89. The highest BCUT2D eigenvalue weighted by Crippen LogP contribution is 2.13. The molecule has 1 unspecified atom stereocenters. The van der Waals surface area contributed by atoms with Gasteiger partial charge in [0.15, 0.2) is 0 Å². The standard InChI is InChI=1S/C11H15F2N3O2/c1-7-4-8(15-14-7)5-10(17)16-2-3-18-9(6-16)11(12)13/h4,9,11H,2-3,5-6H2,1H3,(H,14,15). The van der Waals surface area contributed by atoms with Crippen LogP contribution in [0.5, 0.6) is 0 Å². The van der Waals surface area contributed by atoms with E-state index in [9.17, 15) is 13.6 Å². The Labute approximate surface area is 103 Å². The SMILES string of the molecule is Cc1cc(CC(=O)N2CCOC(C(F)F)C2)n[nH]1. The Kier molecular flexibility index (Phi) is 3.90. The minimum atomic E-state index is -2.56. The number of alkyl halides is 2. The first-order valence-electron chi connectivity index (χ1n) is 5.74. The van der Waals surface area contributed by atoms with Crippen LogP contribution in [0.15, 0.2) is 6.07 Å². The number of ether oxygens (including phenoxy) is 1. The molecule has 7 heteroatoms. The predicted molar refractivity (Wildman–Crippen MR) is 59.4 cm³/mol. The fourth-order valence-corrected chi connectivity index (χ4v) is 1.89. The predicted octanol–water partition coefficient (Wildman–Crippen LogP) is 0.753. The first-order chi connectivity index (χ1) is 8.56. The van der Waals surface area contributed by atoms with Crippen LogP contribution in [-0.2, 0) is 16.0 Å². The summed E-state index contributed by atoms with van der Waals surface area (Å²) in [6, 6.07) is 1.77. The second-order valence-electron chi connectivity index (χ2n) is 4.30. The molecule has 100 valence electrons. The molecule has 18 heavy (non-hydrogen) atoms. The van der Waals surface area contributed by atoms with Gasteiger partial charge in [-0.25, -0.2) is 8.78 Å². The molecule has 0 radical (unpaired) electrons. The lowest BCUT2D eigenvalue weighted by atomic mass is 10.2. The molecule has 5 nitrogen and oxygen atoms in total. The van der Waals surface area contributed by atoms with Crippen molar-refractivity contribution in [3.8, 4) is 0 Å². The number of nitrogens with zero attached hydrogens (tertiary/aromatic N) is 2. The van der Waals surface area contributed by atoms with Gasteiger partial charge in [0.2, 0.25) is 5.91 Å². The molecule has 1 amide bonds. The van der Waals surface area contributed by atoms with Crippen molar-refractivity contribution in [3.05, 3.63) is 17.5 Å². The third kappa shape index (κ3) is 3.04. The maximum absolute atomic E-state index is 12.5. The summed E-state index contributed by atoms with van der Waals surface area (Å²) in [5, 5.41) is 6.69. The van der Waals surface area contributed by atoms with Gasteiger partial charge in [-0.1, -0.05) is 0 Å². The molecule has 1 atom stereocenters. The van der Waals surface area contributed by atoms with Gasteiger partial charge >= 0.3 is 0 Å². The smallest absolute Gasteiger partial charge is 0.266 e. The van der Waals surface area contributed by atoms with Crippen molar-refractivity contribution in [1.82, 2.24) is 15.1 Å². The highest BCUT2D eigenvalue weighted by molar-refractivity contribution is 5.78. The molecule has 1 N–H and O–H groups in total. The van der Waals surface area contributed by atoms with Crippen molar-refractivity contribution in [2.24, 2.45) is 0 Å². The van der Waals surface area contributed by atoms with Gasteiger partial charge in [0.25, 0.3) is 6.43 Å². The number of aromatic nitrogens is 2. The molecule has 2 rings (SSSR count). The van der Waals surface area contributed by atoms with Crippen LogP contribution in [0, 0.1) is 6.92 Å². The molecular formula is C11H15F2N3O2. The molecule has 0 aliphatic carbocycles. The van der Waals surface area contributed by atoms with Crippen molar-refractivity contribution in [2.75, 3.05) is 19.7 Å². The number of hydrogen-bond acceptors (Lipinski definition) is 3. The Balaban J connectivity index is 1.92. The number of amides is 1. The highest BCUT2D eigenvalue weighted by Gasteiger charge is 2.30. The summed E-state index contributed by atoms with van der Waals surface area (Å²) in [4.78, 5) is 13.3. The lowest BCUT2D eigenvalue weighted by Crippen LogP contribution is -2.48. The maximum atomic E-state index is 12.5. The molecule has 1 aliphatic heterocycles. The van der Waals surface area contributed by atoms with E-state index < -0.39 is 12.5 Å². The van der Waals surface area contributed by atoms with Gasteiger partial charge in [0.05, 0.1) is 25.3 Å². The number of H-pyrrole nitrogens is 1. The Morgan fingerprint density at radius 1 is 1.72 bits per heavy atom. The van der Waals surface area contributed by atoms with Gasteiger partial charge in [-0.2, -0.15) is 5.10 Å². The topological polar surface area (TPSA) is 58.2 Å². The number of carbonyl (C=O) groups excluding carboxylic acids is 1. The average Bonchev–Trinajstić information content (AvgIpc) is 2.75. The normalized spacial score (nSPS) is 20.4. The van der Waals surface area contributed by atoms with Crippen molar-refractivity contribution in [2.45, 2.75) is 25.9 Å². The van der Waals surface area contributed by atoms with E-state index in [-0.39, 0.29) is 25.5 Å². The van der Waals surface area contributed by atoms with E-state index in [0.717, 1.165) is 5.69 Å². The van der Waals surface area contributed by atoms with E-state index in [1.807, 2.05) is 6.92 Å². The number of rotatable bonds is 3. The zero-order valence-corrected chi connectivity index (χ0v) is 10.0. The van der Waals surface area contributed by atoms with Gasteiger partial charge in [-0.3, -0.25) is 9.89 Å². The van der Waals surface area contributed by atoms with E-state index in [4.69, 9.17) is 4.74 Å². The number of carbonyl (C=O) groups is 1. The quantitative estimate of drug-likeness (QED) is 0.871. The molecule has 0 saturated carbocycles. The molecule has 0 spiro atoms. The van der Waals surface area contributed by atoms with Crippen LogP contribution in [-0.4, -0.2) is 53.2 Å². The zero-order valence-electron chi connectivity index (χ0n) is 10.0. The third-order valence-corrected chi connectivity index (χ3v) is 2.82. The summed E-state index contributed by atoms with van der Waals surface area (Å²) in [6.07, 6.45) is -3.61. The number of hydrogen-bond donors (Lipinski definition) is 1. The van der Waals surface area contributed by atoms with Gasteiger partial charge in [0.1, 0.15) is 6.10 Å². The second-order valence-corrected chi connectivity index (χ2v) is 4.30. The van der Waals surface area contributed by atoms with Gasteiger partial charge < -0.3 is 9.64 Å². The molecular weight excluding hydrogens is 244 g/mol. The molecule has 1 aliphatic rings. The molecule has 1 fully saturated rings. The first-order valence-corrected chi connectivity index (χ1v) is 5.74. The molecule has 0 bridgehead atoms. The average molecular weight is 259 g/mol. The van der Waals surface area contributed by atoms with Crippen molar-refractivity contribution >= 4 is 5.91 Å². The van der Waals surface area contributed by atoms with E-state index >= 15 is 0 Å². The van der Waals surface area contributed by atoms with Crippen molar-refractivity contribution in [3.63, 3.8) is 0 Å². The van der Waals surface area contributed by atoms with Crippen LogP contribution in [0.25, 0.3) is 0 Å². The van der Waals surface area contributed by atoms with Gasteiger partial charge in [0, 0.05) is 12.2 Å². The Morgan fingerprint density at radius 3 is 3.11 bits per heavy atom. The number of nitrogens with one attached hydrogen (secondary N) is 1. The third-order valence-electron chi connectivity index (χ3n) is 2.82. The van der Waals surface area contributed by atoms with Crippen molar-refractivity contribution < 1.29 is 18.3 Å². The molecule has 1 aromatic rings. The molecule has 1 aromatic heterocycles. The van der Waals surface area contributed by atoms with Crippen LogP contribution in [0.4, 0.5) is 8.78 Å². The van der Waals surface area contributed by atoms with Gasteiger partial charge in [-0.05, 0) is 13.0 Å². The summed E-state index contributed by atoms with van der Waals surface area (Å²) in [5.74, 6) is -0.199. The van der Waals surface area contributed by atoms with Crippen LogP contribution in [0.3, 0.4) is 0 Å². The van der Waals surface area contributed by atoms with E-state index in [0.29, 0.717) is 12.2 Å². The lowest BCUT2D eigenvalue weighted by Gasteiger charge is -2.32. The second kappa shape index (κ2) is 5.43. The lowest BCUT2D eigenvalue weighted by molar-refractivity contribution is -0.145. The Morgan fingerprint density at radius 2 is 2.50 bits per heavy atom. The largest absolute Gasteiger partial charge is 0.369 e. The summed E-state index contributed by atoms with van der Waals surface area (Å²) in [6.45, 7) is 2.29. The fraction of sp³-hybridized carbons (Fsp3) is 0.636. The zero-order chi connectivity index (χ0) is 13.1. The first kappa shape index (κ1) is 12.9. The Bertz CT molecular complexity index is 422. The minimum Gasteiger partial charge on any atom is -0.369 e. The minimum absolute atomic E-state index is 0.0556. The monoisotopic (exact) mass is 259 g/mol. The van der Waals surface area contributed by atoms with Crippen LogP contribution in [0.2, 0.25) is 0 Å². The van der Waals surface area contributed by atoms with E-state index in [1.54, 1.807) is 6.07 Å². The molecule has 0 aromatic carbocycles. The summed E-state index contributed by atoms with van der Waals surface area (Å²) in [7, 11) is 0. The number of aromatic amines is 1. The number of halogens is 2. The number of aryl methyl sites for hydroxylation is 1. The molecule has 2 heterocycles.